The highest BCUT2D eigenvalue weighted by Gasteiger charge is 2.37. The van der Waals surface area contributed by atoms with Gasteiger partial charge in [-0.15, -0.1) is 0 Å². The molecule has 1 N–H and O–H groups in total. The first-order chi connectivity index (χ1) is 14.9. The second-order valence-corrected chi connectivity index (χ2v) is 9.88. The van der Waals surface area contributed by atoms with Gasteiger partial charge in [0.1, 0.15) is 5.04 Å². The number of amides is 1. The van der Waals surface area contributed by atoms with Crippen LogP contribution in [0.3, 0.4) is 0 Å². The Bertz CT molecular complexity index is 1030. The molecule has 1 spiro atoms. The van der Waals surface area contributed by atoms with Crippen molar-refractivity contribution in [2.24, 2.45) is 9.98 Å². The van der Waals surface area contributed by atoms with Crippen molar-refractivity contribution in [3.8, 4) is 0 Å². The van der Waals surface area contributed by atoms with Gasteiger partial charge in [-0.25, -0.2) is 4.99 Å². The van der Waals surface area contributed by atoms with Gasteiger partial charge in [-0.2, -0.15) is 0 Å². The molecule has 0 unspecified atom stereocenters. The van der Waals surface area contributed by atoms with Gasteiger partial charge < -0.3 is 5.32 Å². The zero-order valence-electron chi connectivity index (χ0n) is 17.5. The summed E-state index contributed by atoms with van der Waals surface area (Å²) in [5.74, 6) is 0.204. The molecule has 162 valence electrons. The van der Waals surface area contributed by atoms with Crippen molar-refractivity contribution in [3.05, 3.63) is 63.6 Å². The molecule has 1 aliphatic carbocycles. The number of aliphatic imine (C=N–C) groups is 2. The van der Waals surface area contributed by atoms with E-state index < -0.39 is 5.66 Å². The van der Waals surface area contributed by atoms with Gasteiger partial charge in [-0.3, -0.25) is 9.79 Å². The summed E-state index contributed by atoms with van der Waals surface area (Å²) in [7, 11) is 0. The predicted molar refractivity (Wildman–Crippen MR) is 133 cm³/mol. The van der Waals surface area contributed by atoms with Gasteiger partial charge in [0.2, 0.25) is 5.91 Å². The first-order valence-corrected chi connectivity index (χ1v) is 12.3. The Kier molecular flexibility index (Phi) is 7.05. The van der Waals surface area contributed by atoms with Crippen molar-refractivity contribution < 1.29 is 4.79 Å². The zero-order valence-corrected chi connectivity index (χ0v) is 19.8. The summed E-state index contributed by atoms with van der Waals surface area (Å²) in [5.41, 5.74) is 3.25. The van der Waals surface area contributed by atoms with Crippen molar-refractivity contribution >= 4 is 57.3 Å². The Hall–Kier alpha value is -1.82. The number of carbonyl (C=O) groups excluding carboxylic acids is 1. The molecule has 7 heteroatoms. The summed E-state index contributed by atoms with van der Waals surface area (Å²) in [4.78, 5) is 22.7. The maximum absolute atomic E-state index is 12.6. The van der Waals surface area contributed by atoms with Gasteiger partial charge in [0.15, 0.2) is 5.66 Å². The molecule has 1 amide bonds. The van der Waals surface area contributed by atoms with Crippen LogP contribution in [-0.4, -0.2) is 28.1 Å². The van der Waals surface area contributed by atoms with Crippen LogP contribution in [0.25, 0.3) is 0 Å². The van der Waals surface area contributed by atoms with E-state index in [1.165, 1.54) is 24.6 Å². The molecule has 1 fully saturated rings. The number of nitrogens with one attached hydrogen (secondary N) is 1. The first kappa shape index (κ1) is 22.4. The van der Waals surface area contributed by atoms with Crippen LogP contribution in [0.1, 0.15) is 49.7 Å². The number of benzene rings is 2. The van der Waals surface area contributed by atoms with E-state index in [-0.39, 0.29) is 11.7 Å². The van der Waals surface area contributed by atoms with Crippen molar-refractivity contribution in [3.63, 3.8) is 0 Å². The molecule has 0 saturated heterocycles. The molecule has 4 rings (SSSR count). The second-order valence-electron chi connectivity index (χ2n) is 8.11. The van der Waals surface area contributed by atoms with Crippen LogP contribution in [0.5, 0.6) is 0 Å². The van der Waals surface area contributed by atoms with Gasteiger partial charge >= 0.3 is 0 Å². The fraction of sp³-hybridized carbons (Fsp3) is 0.375. The van der Waals surface area contributed by atoms with E-state index in [0.29, 0.717) is 10.0 Å². The molecule has 0 radical (unpaired) electrons. The first-order valence-electron chi connectivity index (χ1n) is 10.6. The van der Waals surface area contributed by atoms with Crippen LogP contribution in [-0.2, 0) is 4.79 Å². The van der Waals surface area contributed by atoms with Crippen molar-refractivity contribution in [2.75, 3.05) is 11.1 Å². The largest absolute Gasteiger partial charge is 0.325 e. The highest BCUT2D eigenvalue weighted by Crippen LogP contribution is 2.38. The number of hydrogen-bond donors (Lipinski definition) is 1. The summed E-state index contributed by atoms with van der Waals surface area (Å²) < 4.78 is 0. The lowest BCUT2D eigenvalue weighted by Gasteiger charge is -2.20. The number of nitrogens with zero attached hydrogens (tertiary/aromatic N) is 2. The number of carbonyl (C=O) groups is 1. The van der Waals surface area contributed by atoms with E-state index >= 15 is 0 Å². The maximum Gasteiger partial charge on any atom is 0.234 e. The summed E-state index contributed by atoms with van der Waals surface area (Å²) in [6.07, 6.45) is 6.56. The van der Waals surface area contributed by atoms with Crippen molar-refractivity contribution in [1.29, 1.82) is 0 Å². The minimum absolute atomic E-state index is 0.0631. The summed E-state index contributed by atoms with van der Waals surface area (Å²) in [6.45, 7) is 2.02. The second kappa shape index (κ2) is 9.76. The number of aryl methyl sites for hydroxylation is 1. The smallest absolute Gasteiger partial charge is 0.234 e. The molecule has 4 nitrogen and oxygen atoms in total. The van der Waals surface area contributed by atoms with E-state index in [2.05, 4.69) is 5.32 Å². The van der Waals surface area contributed by atoms with Gasteiger partial charge in [0, 0.05) is 11.3 Å². The molecule has 2 aliphatic rings. The average molecular weight is 474 g/mol. The van der Waals surface area contributed by atoms with Crippen LogP contribution >= 0.6 is 35.0 Å². The highest BCUT2D eigenvalue weighted by atomic mass is 35.5. The molecule has 1 saturated carbocycles. The third-order valence-corrected chi connectivity index (χ3v) is 7.31. The number of halogens is 2. The Morgan fingerprint density at radius 2 is 1.71 bits per heavy atom. The molecule has 2 aromatic carbocycles. The van der Waals surface area contributed by atoms with E-state index in [9.17, 15) is 4.79 Å². The monoisotopic (exact) mass is 473 g/mol. The summed E-state index contributed by atoms with van der Waals surface area (Å²) in [6, 6.07) is 13.3. The van der Waals surface area contributed by atoms with Crippen LogP contribution in [0.2, 0.25) is 10.0 Å². The number of hydrogen-bond acceptors (Lipinski definition) is 4. The molecule has 0 bridgehead atoms. The molecule has 0 atom stereocenters. The molecule has 1 aliphatic heterocycles. The Balaban J connectivity index is 1.53. The molecule has 1 heterocycles. The molecule has 2 aromatic rings. The molecule has 31 heavy (non-hydrogen) atoms. The standard InChI is InChI=1S/C24H25Cl2N3OS/c1-16-6-9-18(10-7-16)27-21(30)15-31-23-22(17-8-11-19(25)20(26)14-17)28-24(29-23)12-4-2-3-5-13-24/h6-11,14H,2-5,12-13,15H2,1H3,(H,27,30). The van der Waals surface area contributed by atoms with E-state index in [1.807, 2.05) is 43.3 Å². The lowest BCUT2D eigenvalue weighted by atomic mass is 10.0. The van der Waals surface area contributed by atoms with Crippen LogP contribution < -0.4 is 5.32 Å². The number of anilines is 1. The van der Waals surface area contributed by atoms with Crippen molar-refractivity contribution in [2.45, 2.75) is 51.1 Å². The predicted octanol–water partition coefficient (Wildman–Crippen LogP) is 6.93. The fourth-order valence-electron chi connectivity index (χ4n) is 3.94. The van der Waals surface area contributed by atoms with Crippen molar-refractivity contribution in [1.82, 2.24) is 0 Å². The van der Waals surface area contributed by atoms with Crippen LogP contribution in [0, 0.1) is 6.92 Å². The zero-order chi connectivity index (χ0) is 21.8. The molecular formula is C24H25Cl2N3OS. The van der Waals surface area contributed by atoms with Gasteiger partial charge in [0.05, 0.1) is 21.5 Å². The minimum Gasteiger partial charge on any atom is -0.325 e. The average Bonchev–Trinajstić information content (AvgIpc) is 2.95. The van der Waals surface area contributed by atoms with Gasteiger partial charge in [0.25, 0.3) is 0 Å². The third-order valence-electron chi connectivity index (χ3n) is 5.60. The Morgan fingerprint density at radius 1 is 1.00 bits per heavy atom. The highest BCUT2D eigenvalue weighted by molar-refractivity contribution is 8.16. The lowest BCUT2D eigenvalue weighted by molar-refractivity contribution is -0.113. The van der Waals surface area contributed by atoms with Gasteiger partial charge in [-0.1, -0.05) is 71.6 Å². The normalized spacial score (nSPS) is 17.8. The van der Waals surface area contributed by atoms with Gasteiger partial charge in [-0.05, 0) is 56.9 Å². The minimum atomic E-state index is -0.409. The fourth-order valence-corrected chi connectivity index (χ4v) is 5.11. The SMILES string of the molecule is Cc1ccc(NC(=O)CSC2=NC3(CCCCCC3)N=C2c2ccc(Cl)c(Cl)c2)cc1. The lowest BCUT2D eigenvalue weighted by Crippen LogP contribution is -2.20. The van der Waals surface area contributed by atoms with E-state index in [1.54, 1.807) is 6.07 Å². The number of thioether (sulfide) groups is 1. The van der Waals surface area contributed by atoms with Crippen LogP contribution in [0.4, 0.5) is 5.69 Å². The Labute approximate surface area is 197 Å². The maximum atomic E-state index is 12.6. The third kappa shape index (κ3) is 5.51. The van der Waals surface area contributed by atoms with E-state index in [4.69, 9.17) is 33.2 Å². The summed E-state index contributed by atoms with van der Waals surface area (Å²) in [5, 5.41) is 4.76. The number of rotatable bonds is 4. The Morgan fingerprint density at radius 3 is 2.39 bits per heavy atom. The van der Waals surface area contributed by atoms with E-state index in [0.717, 1.165) is 53.3 Å². The summed E-state index contributed by atoms with van der Waals surface area (Å²) >= 11 is 13.8. The molecular weight excluding hydrogens is 449 g/mol. The quantitative estimate of drug-likeness (QED) is 0.523. The molecule has 0 aromatic heterocycles. The van der Waals surface area contributed by atoms with Crippen LogP contribution in [0.15, 0.2) is 52.4 Å². The topological polar surface area (TPSA) is 53.8 Å².